The lowest BCUT2D eigenvalue weighted by molar-refractivity contribution is 0.0526. The fourth-order valence-electron chi connectivity index (χ4n) is 2.17. The van der Waals surface area contributed by atoms with Crippen LogP contribution < -0.4 is 9.47 Å². The van der Waals surface area contributed by atoms with Crippen molar-refractivity contribution in [3.05, 3.63) is 41.0 Å². The number of halogens is 1. The lowest BCUT2D eigenvalue weighted by Gasteiger charge is -2.13. The summed E-state index contributed by atoms with van der Waals surface area (Å²) in [6, 6.07) is 6.86. The molecule has 1 aromatic carbocycles. The van der Waals surface area contributed by atoms with E-state index in [0.29, 0.717) is 47.6 Å². The van der Waals surface area contributed by atoms with Crippen LogP contribution in [-0.4, -0.2) is 30.8 Å². The van der Waals surface area contributed by atoms with Crippen LogP contribution in [0.5, 0.6) is 11.5 Å². The maximum atomic E-state index is 11.9. The monoisotopic (exact) mass is 349 g/mol. The van der Waals surface area contributed by atoms with Gasteiger partial charge in [-0.25, -0.2) is 4.79 Å². The molecule has 5 nitrogen and oxygen atoms in total. The number of hydrogen-bond acceptors (Lipinski definition) is 5. The molecule has 1 heterocycles. The van der Waals surface area contributed by atoms with Gasteiger partial charge in [-0.2, -0.15) is 0 Å². The highest BCUT2D eigenvalue weighted by molar-refractivity contribution is 6.33. The van der Waals surface area contributed by atoms with Gasteiger partial charge in [-0.05, 0) is 45.0 Å². The van der Waals surface area contributed by atoms with Crippen molar-refractivity contribution in [1.29, 1.82) is 0 Å². The van der Waals surface area contributed by atoms with E-state index >= 15 is 0 Å². The van der Waals surface area contributed by atoms with Crippen LogP contribution in [0, 0.1) is 0 Å². The van der Waals surface area contributed by atoms with Gasteiger partial charge in [0.05, 0.1) is 31.1 Å². The van der Waals surface area contributed by atoms with Gasteiger partial charge < -0.3 is 14.2 Å². The maximum absolute atomic E-state index is 11.9. The van der Waals surface area contributed by atoms with Crippen LogP contribution in [0.4, 0.5) is 0 Å². The number of benzene rings is 1. The molecule has 0 aliphatic rings. The first-order valence-electron chi connectivity index (χ1n) is 7.83. The second kappa shape index (κ2) is 8.55. The Morgan fingerprint density at radius 1 is 1.04 bits per heavy atom. The average Bonchev–Trinajstić information content (AvgIpc) is 2.59. The number of nitrogens with zero attached hydrogens (tertiary/aromatic N) is 1. The van der Waals surface area contributed by atoms with E-state index in [1.165, 1.54) is 0 Å². The van der Waals surface area contributed by atoms with Gasteiger partial charge in [0.25, 0.3) is 0 Å². The first-order valence-corrected chi connectivity index (χ1v) is 8.21. The lowest BCUT2D eigenvalue weighted by atomic mass is 10.1. The Morgan fingerprint density at radius 2 is 1.67 bits per heavy atom. The van der Waals surface area contributed by atoms with Crippen molar-refractivity contribution in [1.82, 2.24) is 4.98 Å². The van der Waals surface area contributed by atoms with Gasteiger partial charge in [0.15, 0.2) is 0 Å². The van der Waals surface area contributed by atoms with E-state index in [2.05, 4.69) is 4.98 Å². The summed E-state index contributed by atoms with van der Waals surface area (Å²) in [5, 5.41) is 0.420. The van der Waals surface area contributed by atoms with Crippen molar-refractivity contribution in [3.8, 4) is 22.8 Å². The highest BCUT2D eigenvalue weighted by atomic mass is 35.5. The van der Waals surface area contributed by atoms with Crippen molar-refractivity contribution in [2.45, 2.75) is 20.8 Å². The molecule has 0 fully saturated rings. The molecule has 0 saturated carbocycles. The van der Waals surface area contributed by atoms with Crippen LogP contribution >= 0.6 is 11.6 Å². The lowest BCUT2D eigenvalue weighted by Crippen LogP contribution is -2.05. The minimum absolute atomic E-state index is 0.320. The summed E-state index contributed by atoms with van der Waals surface area (Å²) in [4.78, 5) is 16.2. The summed E-state index contributed by atoms with van der Waals surface area (Å²) >= 11 is 6.30. The Bertz CT molecular complexity index is 691. The maximum Gasteiger partial charge on any atom is 0.338 e. The second-order valence-electron chi connectivity index (χ2n) is 4.80. The number of carbonyl (C=O) groups is 1. The van der Waals surface area contributed by atoms with E-state index < -0.39 is 0 Å². The topological polar surface area (TPSA) is 57.7 Å². The van der Waals surface area contributed by atoms with E-state index in [1.807, 2.05) is 13.8 Å². The molecule has 0 N–H and O–H groups in total. The zero-order valence-corrected chi connectivity index (χ0v) is 14.7. The van der Waals surface area contributed by atoms with E-state index in [9.17, 15) is 4.79 Å². The van der Waals surface area contributed by atoms with Gasteiger partial charge in [-0.15, -0.1) is 0 Å². The quantitative estimate of drug-likeness (QED) is 0.694. The Labute approximate surface area is 146 Å². The molecule has 0 saturated heterocycles. The van der Waals surface area contributed by atoms with E-state index in [4.69, 9.17) is 25.8 Å². The van der Waals surface area contributed by atoms with Crippen LogP contribution in [-0.2, 0) is 4.74 Å². The predicted octanol–water partition coefficient (Wildman–Crippen LogP) is 4.38. The molecule has 0 amide bonds. The molecule has 2 aromatic rings. The Morgan fingerprint density at radius 3 is 2.21 bits per heavy atom. The van der Waals surface area contributed by atoms with Crippen molar-refractivity contribution >= 4 is 17.6 Å². The molecular formula is C18H20ClNO4. The van der Waals surface area contributed by atoms with Crippen LogP contribution in [0.1, 0.15) is 31.1 Å². The molecule has 24 heavy (non-hydrogen) atoms. The molecule has 0 unspecified atom stereocenters. The number of aromatic nitrogens is 1. The third kappa shape index (κ3) is 4.17. The number of carbonyl (C=O) groups excluding carboxylic acids is 1. The van der Waals surface area contributed by atoms with Gasteiger partial charge in [-0.3, -0.25) is 4.98 Å². The van der Waals surface area contributed by atoms with Gasteiger partial charge in [-0.1, -0.05) is 11.6 Å². The van der Waals surface area contributed by atoms with Gasteiger partial charge in [0.1, 0.15) is 16.5 Å². The summed E-state index contributed by atoms with van der Waals surface area (Å²) < 4.78 is 16.2. The smallest absolute Gasteiger partial charge is 0.338 e. The summed E-state index contributed by atoms with van der Waals surface area (Å²) in [7, 11) is 0. The van der Waals surface area contributed by atoms with Gasteiger partial charge >= 0.3 is 5.97 Å². The minimum Gasteiger partial charge on any atom is -0.492 e. The van der Waals surface area contributed by atoms with Crippen LogP contribution in [0.3, 0.4) is 0 Å². The molecule has 0 bridgehead atoms. The van der Waals surface area contributed by atoms with Crippen molar-refractivity contribution in [3.63, 3.8) is 0 Å². The molecule has 6 heteroatoms. The molecule has 0 radical (unpaired) electrons. The first kappa shape index (κ1) is 18.1. The largest absolute Gasteiger partial charge is 0.492 e. The van der Waals surface area contributed by atoms with Crippen molar-refractivity contribution in [2.24, 2.45) is 0 Å². The molecular weight excluding hydrogens is 330 g/mol. The predicted molar refractivity (Wildman–Crippen MR) is 93.0 cm³/mol. The zero-order chi connectivity index (χ0) is 17.5. The van der Waals surface area contributed by atoms with E-state index in [-0.39, 0.29) is 5.97 Å². The summed E-state index contributed by atoms with van der Waals surface area (Å²) in [6.45, 7) is 6.80. The molecule has 2 rings (SSSR count). The normalized spacial score (nSPS) is 10.3. The number of pyridine rings is 1. The molecule has 1 aromatic heterocycles. The molecule has 0 aliphatic heterocycles. The highest BCUT2D eigenvalue weighted by Crippen LogP contribution is 2.38. The Kier molecular flexibility index (Phi) is 6.44. The summed E-state index contributed by atoms with van der Waals surface area (Å²) in [5.41, 5.74) is 1.80. The third-order valence-electron chi connectivity index (χ3n) is 3.17. The van der Waals surface area contributed by atoms with E-state index in [1.54, 1.807) is 37.4 Å². The van der Waals surface area contributed by atoms with Crippen molar-refractivity contribution < 1.29 is 19.0 Å². The fourth-order valence-corrected chi connectivity index (χ4v) is 2.39. The standard InChI is InChI=1S/C18H20ClNO4/c1-4-22-15-10-13(11-16(17(15)19)23-5-2)14-9-12(7-8-20-14)18(21)24-6-3/h7-11H,4-6H2,1-3H3. The van der Waals surface area contributed by atoms with Crippen LogP contribution in [0.15, 0.2) is 30.5 Å². The Hall–Kier alpha value is -2.27. The molecule has 0 atom stereocenters. The fraction of sp³-hybridized carbons (Fsp3) is 0.333. The molecule has 128 valence electrons. The summed E-state index contributed by atoms with van der Waals surface area (Å²) in [6.07, 6.45) is 1.57. The summed E-state index contributed by atoms with van der Waals surface area (Å²) in [5.74, 6) is 0.650. The van der Waals surface area contributed by atoms with Crippen LogP contribution in [0.25, 0.3) is 11.3 Å². The molecule has 0 spiro atoms. The zero-order valence-electron chi connectivity index (χ0n) is 14.0. The van der Waals surface area contributed by atoms with Crippen LogP contribution in [0.2, 0.25) is 5.02 Å². The van der Waals surface area contributed by atoms with Crippen molar-refractivity contribution in [2.75, 3.05) is 19.8 Å². The van der Waals surface area contributed by atoms with E-state index in [0.717, 1.165) is 5.56 Å². The number of hydrogen-bond donors (Lipinski definition) is 0. The van der Waals surface area contributed by atoms with Gasteiger partial charge in [0.2, 0.25) is 0 Å². The first-order chi connectivity index (χ1) is 11.6. The second-order valence-corrected chi connectivity index (χ2v) is 5.18. The number of ether oxygens (including phenoxy) is 3. The third-order valence-corrected chi connectivity index (χ3v) is 3.54. The number of esters is 1. The highest BCUT2D eigenvalue weighted by Gasteiger charge is 2.15. The average molecular weight is 350 g/mol. The molecule has 0 aliphatic carbocycles. The number of rotatable bonds is 7. The Balaban J connectivity index is 2.47. The SMILES string of the molecule is CCOC(=O)c1ccnc(-c2cc(OCC)c(Cl)c(OCC)c2)c1. The van der Waals surface area contributed by atoms with Gasteiger partial charge in [0, 0.05) is 11.8 Å². The minimum atomic E-state index is -0.384.